The molecule has 88 valence electrons. The SMILES string of the molecule is Clc1ccc(C2CCCn3cncc32)cc1Cl. The normalized spacial score (nSPS) is 19.1. The lowest BCUT2D eigenvalue weighted by atomic mass is 9.89. The van der Waals surface area contributed by atoms with Gasteiger partial charge in [0.05, 0.1) is 16.4 Å². The van der Waals surface area contributed by atoms with Crippen molar-refractivity contribution in [3.8, 4) is 0 Å². The summed E-state index contributed by atoms with van der Waals surface area (Å²) in [7, 11) is 0. The highest BCUT2D eigenvalue weighted by molar-refractivity contribution is 6.42. The van der Waals surface area contributed by atoms with Crippen molar-refractivity contribution in [3.05, 3.63) is 52.0 Å². The first-order valence-corrected chi connectivity index (χ1v) is 6.46. The fraction of sp³-hybridized carbons (Fsp3) is 0.308. The van der Waals surface area contributed by atoms with Gasteiger partial charge in [-0.25, -0.2) is 4.98 Å². The quantitative estimate of drug-likeness (QED) is 0.760. The van der Waals surface area contributed by atoms with E-state index in [0.29, 0.717) is 16.0 Å². The number of benzene rings is 1. The van der Waals surface area contributed by atoms with Gasteiger partial charge in [0.15, 0.2) is 0 Å². The Hall–Kier alpha value is -0.990. The summed E-state index contributed by atoms with van der Waals surface area (Å²) in [6, 6.07) is 5.90. The van der Waals surface area contributed by atoms with Crippen molar-refractivity contribution < 1.29 is 0 Å². The van der Waals surface area contributed by atoms with Crippen LogP contribution in [0.5, 0.6) is 0 Å². The highest BCUT2D eigenvalue weighted by atomic mass is 35.5. The first-order valence-electron chi connectivity index (χ1n) is 5.70. The van der Waals surface area contributed by atoms with E-state index in [0.717, 1.165) is 13.0 Å². The maximum atomic E-state index is 6.08. The molecule has 1 aromatic carbocycles. The number of hydrogen-bond acceptors (Lipinski definition) is 1. The number of aromatic nitrogens is 2. The van der Waals surface area contributed by atoms with Gasteiger partial charge in [-0.1, -0.05) is 29.3 Å². The van der Waals surface area contributed by atoms with Crippen molar-refractivity contribution in [3.63, 3.8) is 0 Å². The van der Waals surface area contributed by atoms with Crippen LogP contribution in [0.3, 0.4) is 0 Å². The Morgan fingerprint density at radius 1 is 1.24 bits per heavy atom. The van der Waals surface area contributed by atoms with E-state index in [1.807, 2.05) is 24.7 Å². The molecule has 17 heavy (non-hydrogen) atoms. The molecule has 4 heteroatoms. The Morgan fingerprint density at radius 2 is 2.12 bits per heavy atom. The van der Waals surface area contributed by atoms with Gasteiger partial charge in [-0.2, -0.15) is 0 Å². The summed E-state index contributed by atoms with van der Waals surface area (Å²) in [5.41, 5.74) is 2.50. The van der Waals surface area contributed by atoms with Crippen LogP contribution in [0, 0.1) is 0 Å². The highest BCUT2D eigenvalue weighted by Crippen LogP contribution is 2.35. The predicted molar refractivity (Wildman–Crippen MR) is 69.8 cm³/mol. The van der Waals surface area contributed by atoms with E-state index in [2.05, 4.69) is 15.6 Å². The van der Waals surface area contributed by atoms with Gasteiger partial charge in [0, 0.05) is 24.4 Å². The lowest BCUT2D eigenvalue weighted by molar-refractivity contribution is 0.491. The number of imidazole rings is 1. The molecule has 0 saturated carbocycles. The van der Waals surface area contributed by atoms with Crippen LogP contribution < -0.4 is 0 Å². The molecule has 1 unspecified atom stereocenters. The van der Waals surface area contributed by atoms with E-state index in [-0.39, 0.29) is 0 Å². The monoisotopic (exact) mass is 266 g/mol. The van der Waals surface area contributed by atoms with E-state index in [4.69, 9.17) is 23.2 Å². The lowest BCUT2D eigenvalue weighted by Gasteiger charge is -2.24. The molecule has 0 bridgehead atoms. The number of fused-ring (bicyclic) bond motifs is 1. The summed E-state index contributed by atoms with van der Waals surface area (Å²) in [5, 5.41) is 1.24. The van der Waals surface area contributed by atoms with Gasteiger partial charge in [0.25, 0.3) is 0 Å². The van der Waals surface area contributed by atoms with Gasteiger partial charge < -0.3 is 4.57 Å². The molecule has 1 aliphatic rings. The third kappa shape index (κ3) is 1.96. The third-order valence-electron chi connectivity index (χ3n) is 3.34. The molecule has 3 rings (SSSR count). The number of aryl methyl sites for hydroxylation is 1. The molecule has 0 amide bonds. The standard InChI is InChI=1S/C13H12Cl2N2/c14-11-4-3-9(6-12(11)15)10-2-1-5-17-8-16-7-13(10)17/h3-4,6-8,10H,1-2,5H2. The summed E-state index contributed by atoms with van der Waals surface area (Å²) < 4.78 is 2.22. The van der Waals surface area contributed by atoms with Crippen LogP contribution in [-0.2, 0) is 6.54 Å². The van der Waals surface area contributed by atoms with E-state index in [1.54, 1.807) is 0 Å². The zero-order valence-corrected chi connectivity index (χ0v) is 10.7. The summed E-state index contributed by atoms with van der Waals surface area (Å²) >= 11 is 12.0. The molecule has 0 N–H and O–H groups in total. The van der Waals surface area contributed by atoms with Gasteiger partial charge in [0.1, 0.15) is 0 Å². The van der Waals surface area contributed by atoms with Gasteiger partial charge >= 0.3 is 0 Å². The maximum absolute atomic E-state index is 6.08. The fourth-order valence-electron chi connectivity index (χ4n) is 2.49. The van der Waals surface area contributed by atoms with Gasteiger partial charge in [0.2, 0.25) is 0 Å². The van der Waals surface area contributed by atoms with Crippen molar-refractivity contribution >= 4 is 23.2 Å². The lowest BCUT2D eigenvalue weighted by Crippen LogP contribution is -2.15. The average molecular weight is 267 g/mol. The van der Waals surface area contributed by atoms with Crippen molar-refractivity contribution in [2.45, 2.75) is 25.3 Å². The molecule has 0 aliphatic carbocycles. The number of hydrogen-bond donors (Lipinski definition) is 0. The maximum Gasteiger partial charge on any atom is 0.0948 e. The molecule has 2 heterocycles. The summed E-state index contributed by atoms with van der Waals surface area (Å²) in [6.45, 7) is 1.06. The van der Waals surface area contributed by atoms with Gasteiger partial charge in [-0.15, -0.1) is 0 Å². The Balaban J connectivity index is 2.03. The minimum atomic E-state index is 0.390. The smallest absolute Gasteiger partial charge is 0.0948 e. The van der Waals surface area contributed by atoms with Crippen LogP contribution in [0.4, 0.5) is 0 Å². The molecule has 2 aromatic rings. The van der Waals surface area contributed by atoms with E-state index in [1.165, 1.54) is 17.7 Å². The second-order valence-corrected chi connectivity index (χ2v) is 5.19. The molecule has 0 fully saturated rings. The average Bonchev–Trinajstić information content (AvgIpc) is 2.80. The molecular weight excluding hydrogens is 255 g/mol. The first-order chi connectivity index (χ1) is 8.25. The number of halogens is 2. The Labute approximate surface area is 110 Å². The summed E-state index contributed by atoms with van der Waals surface area (Å²) in [5.74, 6) is 0.390. The minimum Gasteiger partial charge on any atom is -0.334 e. The largest absolute Gasteiger partial charge is 0.334 e. The molecule has 0 radical (unpaired) electrons. The zero-order chi connectivity index (χ0) is 11.8. The summed E-state index contributed by atoms with van der Waals surface area (Å²) in [4.78, 5) is 4.22. The molecule has 1 atom stereocenters. The molecule has 1 aliphatic heterocycles. The third-order valence-corrected chi connectivity index (χ3v) is 4.08. The Bertz CT molecular complexity index is 548. The fourth-order valence-corrected chi connectivity index (χ4v) is 2.79. The second-order valence-electron chi connectivity index (χ2n) is 4.38. The molecule has 0 spiro atoms. The number of nitrogens with zero attached hydrogens (tertiary/aromatic N) is 2. The minimum absolute atomic E-state index is 0.390. The van der Waals surface area contributed by atoms with Gasteiger partial charge in [-0.3, -0.25) is 0 Å². The van der Waals surface area contributed by atoms with Crippen molar-refractivity contribution in [1.29, 1.82) is 0 Å². The highest BCUT2D eigenvalue weighted by Gasteiger charge is 2.22. The number of rotatable bonds is 1. The van der Waals surface area contributed by atoms with Crippen LogP contribution in [0.25, 0.3) is 0 Å². The van der Waals surface area contributed by atoms with Crippen LogP contribution in [0.1, 0.15) is 30.0 Å². The van der Waals surface area contributed by atoms with Crippen molar-refractivity contribution in [2.24, 2.45) is 0 Å². The van der Waals surface area contributed by atoms with Crippen LogP contribution in [-0.4, -0.2) is 9.55 Å². The van der Waals surface area contributed by atoms with E-state index >= 15 is 0 Å². The van der Waals surface area contributed by atoms with Gasteiger partial charge in [-0.05, 0) is 30.5 Å². The second kappa shape index (κ2) is 4.35. The Morgan fingerprint density at radius 3 is 2.94 bits per heavy atom. The predicted octanol–water partition coefficient (Wildman–Crippen LogP) is 4.12. The zero-order valence-electron chi connectivity index (χ0n) is 9.24. The van der Waals surface area contributed by atoms with E-state index < -0.39 is 0 Å². The Kier molecular flexibility index (Phi) is 2.85. The van der Waals surface area contributed by atoms with Crippen LogP contribution >= 0.6 is 23.2 Å². The topological polar surface area (TPSA) is 17.8 Å². The van der Waals surface area contributed by atoms with Crippen LogP contribution in [0.15, 0.2) is 30.7 Å². The van der Waals surface area contributed by atoms with Crippen LogP contribution in [0.2, 0.25) is 10.0 Å². The molecule has 1 aromatic heterocycles. The van der Waals surface area contributed by atoms with Crippen molar-refractivity contribution in [1.82, 2.24) is 9.55 Å². The molecule has 0 saturated heterocycles. The summed E-state index contributed by atoms with van der Waals surface area (Å²) in [6.07, 6.45) is 6.17. The first kappa shape index (κ1) is 11.1. The molecular formula is C13H12Cl2N2. The van der Waals surface area contributed by atoms with Crippen molar-refractivity contribution in [2.75, 3.05) is 0 Å². The van der Waals surface area contributed by atoms with E-state index in [9.17, 15) is 0 Å². The molecule has 2 nitrogen and oxygen atoms in total.